The van der Waals surface area contributed by atoms with E-state index in [1.807, 2.05) is 60.5 Å². The maximum atomic E-state index is 13.7. The van der Waals surface area contributed by atoms with E-state index in [4.69, 9.17) is 16.0 Å². The highest BCUT2D eigenvalue weighted by Gasteiger charge is 2.64. The van der Waals surface area contributed by atoms with Crippen molar-refractivity contribution in [2.24, 2.45) is 5.92 Å². The van der Waals surface area contributed by atoms with Crippen LogP contribution in [0.3, 0.4) is 0 Å². The van der Waals surface area contributed by atoms with E-state index in [1.165, 1.54) is 6.26 Å². The van der Waals surface area contributed by atoms with Crippen molar-refractivity contribution in [1.82, 2.24) is 4.90 Å². The third-order valence-corrected chi connectivity index (χ3v) is 6.45. The van der Waals surface area contributed by atoms with Crippen LogP contribution in [0.2, 0.25) is 5.02 Å². The summed E-state index contributed by atoms with van der Waals surface area (Å²) < 4.78 is 5.45. The first-order valence-corrected chi connectivity index (χ1v) is 9.86. The van der Waals surface area contributed by atoms with Gasteiger partial charge in [0, 0.05) is 28.7 Å². The molecule has 0 unspecified atom stereocenters. The number of nitrogens with one attached hydrogen (secondary N) is 1. The van der Waals surface area contributed by atoms with Gasteiger partial charge in [0.25, 0.3) is 0 Å². The molecule has 3 atom stereocenters. The predicted molar refractivity (Wildman–Crippen MR) is 110 cm³/mol. The Morgan fingerprint density at radius 1 is 1.14 bits per heavy atom. The number of benzene rings is 2. The molecule has 1 N–H and O–H groups in total. The Bertz CT molecular complexity index is 1090. The molecule has 1 amide bonds. The highest BCUT2D eigenvalue weighted by molar-refractivity contribution is 6.30. The average molecular weight is 407 g/mol. The number of Topliss-reactive ketones (excluding diaryl/α,β-unsaturated/α-hetero) is 1. The van der Waals surface area contributed by atoms with Gasteiger partial charge in [0.1, 0.15) is 5.54 Å². The topological polar surface area (TPSA) is 62.6 Å². The number of halogens is 1. The van der Waals surface area contributed by atoms with Crippen LogP contribution in [0.15, 0.2) is 71.3 Å². The van der Waals surface area contributed by atoms with E-state index in [-0.39, 0.29) is 23.4 Å². The number of fused-ring (bicyclic) bond motifs is 2. The molecule has 2 aliphatic rings. The molecule has 1 aromatic heterocycles. The third kappa shape index (κ3) is 2.51. The number of para-hydroxylation sites is 1. The first-order valence-electron chi connectivity index (χ1n) is 9.49. The summed E-state index contributed by atoms with van der Waals surface area (Å²) in [7, 11) is 1.90. The highest BCUT2D eigenvalue weighted by atomic mass is 35.5. The minimum Gasteiger partial charge on any atom is -0.461 e. The Balaban J connectivity index is 1.73. The largest absolute Gasteiger partial charge is 0.461 e. The Kier molecular flexibility index (Phi) is 4.12. The van der Waals surface area contributed by atoms with Gasteiger partial charge in [-0.25, -0.2) is 0 Å². The molecule has 146 valence electrons. The van der Waals surface area contributed by atoms with Crippen LogP contribution in [-0.2, 0) is 10.3 Å². The Labute approximate surface area is 173 Å². The fourth-order valence-electron chi connectivity index (χ4n) is 4.98. The maximum Gasteiger partial charge on any atom is 0.250 e. The van der Waals surface area contributed by atoms with Crippen LogP contribution in [0.5, 0.6) is 0 Å². The molecule has 0 aliphatic carbocycles. The normalized spacial score (nSPS) is 25.9. The number of ketones is 1. The van der Waals surface area contributed by atoms with Crippen molar-refractivity contribution in [2.75, 3.05) is 18.9 Å². The van der Waals surface area contributed by atoms with E-state index in [9.17, 15) is 9.59 Å². The summed E-state index contributed by atoms with van der Waals surface area (Å²) in [5.74, 6) is -0.912. The molecule has 5 rings (SSSR count). The van der Waals surface area contributed by atoms with Crippen LogP contribution in [-0.4, -0.2) is 30.2 Å². The molecule has 6 heteroatoms. The van der Waals surface area contributed by atoms with Gasteiger partial charge < -0.3 is 9.73 Å². The van der Waals surface area contributed by atoms with E-state index in [0.717, 1.165) is 16.8 Å². The number of carbonyl (C=O) groups is 2. The lowest BCUT2D eigenvalue weighted by molar-refractivity contribution is -0.126. The van der Waals surface area contributed by atoms with Gasteiger partial charge in [-0.3, -0.25) is 14.5 Å². The molecule has 3 heterocycles. The van der Waals surface area contributed by atoms with Crippen molar-refractivity contribution in [2.45, 2.75) is 11.5 Å². The summed E-state index contributed by atoms with van der Waals surface area (Å²) in [5, 5.41) is 3.62. The summed E-state index contributed by atoms with van der Waals surface area (Å²) in [4.78, 5) is 29.1. The number of rotatable bonds is 3. The lowest BCUT2D eigenvalue weighted by atomic mass is 9.71. The number of furan rings is 1. The minimum absolute atomic E-state index is 0.175. The molecule has 0 saturated carbocycles. The van der Waals surface area contributed by atoms with Gasteiger partial charge in [0.05, 0.1) is 12.2 Å². The average Bonchev–Trinajstić information content (AvgIpc) is 3.42. The number of hydrogen-bond acceptors (Lipinski definition) is 4. The van der Waals surface area contributed by atoms with Crippen molar-refractivity contribution < 1.29 is 14.0 Å². The van der Waals surface area contributed by atoms with Gasteiger partial charge in [-0.05, 0) is 42.9 Å². The quantitative estimate of drug-likeness (QED) is 0.658. The second-order valence-electron chi connectivity index (χ2n) is 7.62. The summed E-state index contributed by atoms with van der Waals surface area (Å²) in [6.07, 6.45) is 1.48. The number of nitrogens with zero attached hydrogens (tertiary/aromatic N) is 1. The van der Waals surface area contributed by atoms with Crippen LogP contribution in [0.1, 0.15) is 27.6 Å². The van der Waals surface area contributed by atoms with Crippen molar-refractivity contribution in [3.63, 3.8) is 0 Å². The lowest BCUT2D eigenvalue weighted by Crippen LogP contribution is -2.51. The zero-order valence-electron chi connectivity index (χ0n) is 15.8. The number of hydrogen-bond donors (Lipinski definition) is 1. The molecule has 0 radical (unpaired) electrons. The number of carbonyl (C=O) groups excluding carboxylic acids is 2. The van der Waals surface area contributed by atoms with E-state index >= 15 is 0 Å². The summed E-state index contributed by atoms with van der Waals surface area (Å²) in [6.45, 7) is 0.556. The molecule has 1 spiro atoms. The minimum atomic E-state index is -1.09. The van der Waals surface area contributed by atoms with E-state index in [0.29, 0.717) is 11.6 Å². The molecule has 1 fully saturated rings. The summed E-state index contributed by atoms with van der Waals surface area (Å²) >= 11 is 6.08. The first-order chi connectivity index (χ1) is 14.0. The maximum absolute atomic E-state index is 13.7. The molecule has 0 bridgehead atoms. The Hall–Kier alpha value is -2.89. The van der Waals surface area contributed by atoms with Crippen molar-refractivity contribution in [3.8, 4) is 0 Å². The van der Waals surface area contributed by atoms with E-state index < -0.39 is 11.5 Å². The van der Waals surface area contributed by atoms with Crippen LogP contribution >= 0.6 is 11.6 Å². The second-order valence-corrected chi connectivity index (χ2v) is 8.06. The molecule has 1 saturated heterocycles. The first kappa shape index (κ1) is 18.2. The lowest BCUT2D eigenvalue weighted by Gasteiger charge is -2.35. The van der Waals surface area contributed by atoms with Crippen molar-refractivity contribution in [1.29, 1.82) is 0 Å². The molecule has 29 heavy (non-hydrogen) atoms. The Morgan fingerprint density at radius 3 is 2.62 bits per heavy atom. The fourth-order valence-corrected chi connectivity index (χ4v) is 5.10. The smallest absolute Gasteiger partial charge is 0.250 e. The summed E-state index contributed by atoms with van der Waals surface area (Å²) in [6, 6.07) is 18.4. The van der Waals surface area contributed by atoms with Crippen LogP contribution in [0, 0.1) is 5.92 Å². The van der Waals surface area contributed by atoms with Crippen molar-refractivity contribution in [3.05, 3.63) is 88.8 Å². The molecule has 2 aliphatic heterocycles. The zero-order chi connectivity index (χ0) is 20.2. The monoisotopic (exact) mass is 406 g/mol. The second kappa shape index (κ2) is 6.58. The third-order valence-electron chi connectivity index (χ3n) is 6.20. The van der Waals surface area contributed by atoms with Crippen LogP contribution in [0.4, 0.5) is 5.69 Å². The van der Waals surface area contributed by atoms with Gasteiger partial charge in [0.2, 0.25) is 11.7 Å². The molecule has 5 nitrogen and oxygen atoms in total. The van der Waals surface area contributed by atoms with E-state index in [2.05, 4.69) is 5.32 Å². The van der Waals surface area contributed by atoms with Crippen LogP contribution in [0.25, 0.3) is 0 Å². The zero-order valence-corrected chi connectivity index (χ0v) is 16.5. The molecular weight excluding hydrogens is 388 g/mol. The van der Waals surface area contributed by atoms with Gasteiger partial charge in [-0.15, -0.1) is 0 Å². The number of likely N-dealkylation sites (tertiary alicyclic amines) is 1. The number of amides is 1. The predicted octanol–water partition coefficient (Wildman–Crippen LogP) is 4.31. The van der Waals surface area contributed by atoms with Gasteiger partial charge in [0.15, 0.2) is 5.76 Å². The van der Waals surface area contributed by atoms with Crippen LogP contribution < -0.4 is 5.32 Å². The van der Waals surface area contributed by atoms with Crippen molar-refractivity contribution >= 4 is 29.0 Å². The molecular formula is C23H19ClN2O3. The highest BCUT2D eigenvalue weighted by Crippen LogP contribution is 2.55. The molecule has 2 aromatic carbocycles. The standard InChI is InChI=1S/C23H19ClN2O3/c1-26-13-16(14-8-10-15(24)11-9-14)20(21(27)19-7-4-12-29-19)23(26)17-5-2-3-6-18(17)25-22(23)28/h2-12,16,20H,13H2,1H3,(H,25,28)/t16-,20-,23-/m1/s1. The van der Waals surface area contributed by atoms with E-state index in [1.54, 1.807) is 12.1 Å². The fraction of sp³-hybridized carbons (Fsp3) is 0.217. The Morgan fingerprint density at radius 2 is 1.90 bits per heavy atom. The SMILES string of the molecule is CN1C[C@H](c2ccc(Cl)cc2)[C@H](C(=O)c2ccco2)[C@]12C(=O)Nc1ccccc12. The van der Waals surface area contributed by atoms with Gasteiger partial charge >= 0.3 is 0 Å². The number of anilines is 1. The molecule has 3 aromatic rings. The summed E-state index contributed by atoms with van der Waals surface area (Å²) in [5.41, 5.74) is 1.46. The van der Waals surface area contributed by atoms with Gasteiger partial charge in [-0.1, -0.05) is 41.9 Å². The number of likely N-dealkylation sites (N-methyl/N-ethyl adjacent to an activating group) is 1. The van der Waals surface area contributed by atoms with Gasteiger partial charge in [-0.2, -0.15) is 0 Å².